The molecule has 0 spiro atoms. The summed E-state index contributed by atoms with van der Waals surface area (Å²) < 4.78 is 28.8. The Bertz CT molecular complexity index is 1320. The number of hydrazone groups is 1. The summed E-state index contributed by atoms with van der Waals surface area (Å²) in [6, 6.07) is 6.93. The number of hydrogen-bond acceptors (Lipinski definition) is 8. The molecule has 0 N–H and O–H groups in total. The summed E-state index contributed by atoms with van der Waals surface area (Å²) in [4.78, 5) is 24.8. The van der Waals surface area contributed by atoms with E-state index in [0.717, 1.165) is 16.7 Å². The molecule has 36 heavy (non-hydrogen) atoms. The number of carbonyl (C=O) groups is 2. The largest absolute Gasteiger partial charge is 0.493 e. The van der Waals surface area contributed by atoms with Gasteiger partial charge in [-0.3, -0.25) is 9.59 Å². The maximum Gasteiger partial charge on any atom is 0.308 e. The van der Waals surface area contributed by atoms with E-state index >= 15 is 0 Å². The van der Waals surface area contributed by atoms with Crippen molar-refractivity contribution in [2.75, 3.05) is 20.8 Å². The maximum absolute atomic E-state index is 12.6. The van der Waals surface area contributed by atoms with E-state index in [1.54, 1.807) is 20.3 Å². The van der Waals surface area contributed by atoms with Crippen LogP contribution in [0.25, 0.3) is 0 Å². The maximum atomic E-state index is 12.6. The highest BCUT2D eigenvalue weighted by atomic mass is 16.5. The fourth-order valence-electron chi connectivity index (χ4n) is 5.07. The molecule has 9 nitrogen and oxygen atoms in total. The fraction of sp³-hybridized carbons (Fsp3) is 0.370. The molecular formula is C27H28N2O7. The highest BCUT2D eigenvalue weighted by Gasteiger charge is 2.47. The highest BCUT2D eigenvalue weighted by molar-refractivity contribution is 6.10. The molecule has 0 aliphatic carbocycles. The van der Waals surface area contributed by atoms with Gasteiger partial charge in [0.25, 0.3) is 0 Å². The number of amides is 1. The highest BCUT2D eigenvalue weighted by Crippen LogP contribution is 2.49. The molecule has 1 amide bonds. The Morgan fingerprint density at radius 1 is 1.08 bits per heavy atom. The van der Waals surface area contributed by atoms with Gasteiger partial charge in [0.1, 0.15) is 36.0 Å². The molecule has 188 valence electrons. The van der Waals surface area contributed by atoms with Crippen LogP contribution in [0.4, 0.5) is 0 Å². The Hall–Kier alpha value is -4.01. The molecule has 3 heterocycles. The molecular weight excluding hydrogens is 464 g/mol. The second-order valence-electron chi connectivity index (χ2n) is 9.12. The standard InChI is InChI=1S/C27H28N2O7/c1-13(2)21-10-18-20(36-21)8-7-16(27(18)35-15(4)31)26-25-17-9-23(32-5)24(33-6)11-22(17)34-12-19(25)29(28-26)14(3)30/h7-9,11,19,21,25H,1,10,12H2,2-6H3. The van der Waals surface area contributed by atoms with Gasteiger partial charge in [-0.2, -0.15) is 5.10 Å². The molecule has 2 aromatic rings. The Kier molecular flexibility index (Phi) is 5.86. The third kappa shape index (κ3) is 3.75. The van der Waals surface area contributed by atoms with Crippen LogP contribution in [0, 0.1) is 0 Å². The predicted octanol–water partition coefficient (Wildman–Crippen LogP) is 3.62. The van der Waals surface area contributed by atoms with Gasteiger partial charge in [0.2, 0.25) is 5.91 Å². The van der Waals surface area contributed by atoms with Crippen molar-refractivity contribution < 1.29 is 33.3 Å². The summed E-state index contributed by atoms with van der Waals surface area (Å²) in [6.07, 6.45) is 0.306. The van der Waals surface area contributed by atoms with E-state index < -0.39 is 5.97 Å². The molecule has 0 radical (unpaired) electrons. The van der Waals surface area contributed by atoms with Crippen LogP contribution in [0.3, 0.4) is 0 Å². The van der Waals surface area contributed by atoms with E-state index in [9.17, 15) is 9.59 Å². The van der Waals surface area contributed by atoms with Gasteiger partial charge in [0.05, 0.1) is 25.8 Å². The molecule has 2 aromatic carbocycles. The molecule has 3 atom stereocenters. The molecule has 0 saturated carbocycles. The van der Waals surface area contributed by atoms with Gasteiger partial charge in [-0.15, -0.1) is 0 Å². The van der Waals surface area contributed by atoms with Crippen molar-refractivity contribution in [3.05, 3.63) is 53.1 Å². The molecule has 3 aliphatic heterocycles. The summed E-state index contributed by atoms with van der Waals surface area (Å²) in [5.74, 6) is 1.70. The number of carbonyl (C=O) groups excluding carboxylic acids is 2. The monoisotopic (exact) mass is 492 g/mol. The second kappa shape index (κ2) is 8.89. The topological polar surface area (TPSA) is 95.9 Å². The summed E-state index contributed by atoms with van der Waals surface area (Å²) in [5, 5.41) is 6.19. The number of methoxy groups -OCH3 is 2. The van der Waals surface area contributed by atoms with Gasteiger partial charge in [-0.1, -0.05) is 6.58 Å². The first-order valence-electron chi connectivity index (χ1n) is 11.7. The third-order valence-corrected chi connectivity index (χ3v) is 6.74. The van der Waals surface area contributed by atoms with Gasteiger partial charge in [0, 0.05) is 43.0 Å². The number of nitrogens with zero attached hydrogens (tertiary/aromatic N) is 2. The second-order valence-corrected chi connectivity index (χ2v) is 9.12. The minimum absolute atomic E-state index is 0.211. The van der Waals surface area contributed by atoms with Crippen molar-refractivity contribution in [1.29, 1.82) is 0 Å². The lowest BCUT2D eigenvalue weighted by atomic mass is 9.82. The normalized spacial score (nSPS) is 21.3. The SMILES string of the molecule is C=C(C)C1Cc2c(ccc(C3=NN(C(C)=O)C4COc5cc(OC)c(OC)cc5C34)c2OC(C)=O)O1. The van der Waals surface area contributed by atoms with E-state index in [2.05, 4.69) is 6.58 Å². The molecule has 0 bridgehead atoms. The quantitative estimate of drug-likeness (QED) is 0.357. The van der Waals surface area contributed by atoms with Crippen molar-refractivity contribution >= 4 is 17.6 Å². The van der Waals surface area contributed by atoms with Crippen LogP contribution < -0.4 is 23.7 Å². The first-order valence-corrected chi connectivity index (χ1v) is 11.7. The number of ether oxygens (including phenoxy) is 5. The van der Waals surface area contributed by atoms with Crippen molar-refractivity contribution in [2.24, 2.45) is 5.10 Å². The number of benzene rings is 2. The number of rotatable bonds is 5. The molecule has 0 saturated heterocycles. The van der Waals surface area contributed by atoms with Crippen molar-refractivity contribution in [3.63, 3.8) is 0 Å². The van der Waals surface area contributed by atoms with Crippen molar-refractivity contribution in [1.82, 2.24) is 5.01 Å². The first kappa shape index (κ1) is 23.7. The summed E-state index contributed by atoms with van der Waals surface area (Å²) in [7, 11) is 3.13. The van der Waals surface area contributed by atoms with E-state index in [1.165, 1.54) is 18.9 Å². The van der Waals surface area contributed by atoms with Crippen molar-refractivity contribution in [3.8, 4) is 28.7 Å². The Morgan fingerprint density at radius 3 is 2.44 bits per heavy atom. The number of hydrogen-bond donors (Lipinski definition) is 0. The average Bonchev–Trinajstić information content (AvgIpc) is 3.45. The Balaban J connectivity index is 1.69. The minimum Gasteiger partial charge on any atom is -0.493 e. The van der Waals surface area contributed by atoms with E-state index in [-0.39, 0.29) is 30.6 Å². The summed E-state index contributed by atoms with van der Waals surface area (Å²) >= 11 is 0. The van der Waals surface area contributed by atoms with Gasteiger partial charge >= 0.3 is 5.97 Å². The summed E-state index contributed by atoms with van der Waals surface area (Å²) in [6.45, 7) is 8.99. The number of fused-ring (bicyclic) bond motifs is 4. The molecule has 9 heteroatoms. The van der Waals surface area contributed by atoms with E-state index in [1.807, 2.05) is 25.1 Å². The summed E-state index contributed by atoms with van der Waals surface area (Å²) in [5.41, 5.74) is 3.68. The Morgan fingerprint density at radius 2 is 1.81 bits per heavy atom. The zero-order valence-electron chi connectivity index (χ0n) is 20.9. The number of esters is 1. The van der Waals surface area contributed by atoms with Crippen LogP contribution in [0.1, 0.15) is 43.4 Å². The van der Waals surface area contributed by atoms with E-state index in [4.69, 9.17) is 28.8 Å². The molecule has 5 rings (SSSR count). The molecule has 3 aliphatic rings. The lowest BCUT2D eigenvalue weighted by Gasteiger charge is -2.32. The molecule has 0 fully saturated rings. The minimum atomic E-state index is -0.458. The fourth-order valence-corrected chi connectivity index (χ4v) is 5.07. The smallest absolute Gasteiger partial charge is 0.308 e. The predicted molar refractivity (Wildman–Crippen MR) is 131 cm³/mol. The van der Waals surface area contributed by atoms with Gasteiger partial charge in [-0.25, -0.2) is 5.01 Å². The molecule has 3 unspecified atom stereocenters. The van der Waals surface area contributed by atoms with Crippen LogP contribution in [-0.2, 0) is 16.0 Å². The van der Waals surface area contributed by atoms with Crippen LogP contribution in [0.5, 0.6) is 28.7 Å². The lowest BCUT2D eigenvalue weighted by molar-refractivity contribution is -0.132. The van der Waals surface area contributed by atoms with Crippen molar-refractivity contribution in [2.45, 2.75) is 45.3 Å². The van der Waals surface area contributed by atoms with Gasteiger partial charge < -0.3 is 23.7 Å². The molecule has 0 aromatic heterocycles. The van der Waals surface area contributed by atoms with Gasteiger partial charge in [0.15, 0.2) is 11.5 Å². The van der Waals surface area contributed by atoms with Crippen LogP contribution in [0.15, 0.2) is 41.5 Å². The Labute approximate surface area is 209 Å². The zero-order chi connectivity index (χ0) is 25.7. The van der Waals surface area contributed by atoms with Crippen LogP contribution in [-0.4, -0.2) is 55.6 Å². The first-order chi connectivity index (χ1) is 17.2. The van der Waals surface area contributed by atoms with Crippen LogP contribution in [0.2, 0.25) is 0 Å². The average molecular weight is 493 g/mol. The lowest BCUT2D eigenvalue weighted by Crippen LogP contribution is -2.42. The third-order valence-electron chi connectivity index (χ3n) is 6.74. The van der Waals surface area contributed by atoms with Gasteiger partial charge in [-0.05, 0) is 30.7 Å². The van der Waals surface area contributed by atoms with Crippen LogP contribution >= 0.6 is 0 Å². The zero-order valence-corrected chi connectivity index (χ0v) is 20.9. The van der Waals surface area contributed by atoms with E-state index in [0.29, 0.717) is 46.4 Å².